The highest BCUT2D eigenvalue weighted by molar-refractivity contribution is 7.73. The predicted molar refractivity (Wildman–Crippen MR) is 162 cm³/mol. The summed E-state index contributed by atoms with van der Waals surface area (Å²) in [6, 6.07) is 29.4. The summed E-state index contributed by atoms with van der Waals surface area (Å²) < 4.78 is 11.7. The minimum absolute atomic E-state index is 0.276. The molecule has 0 aromatic heterocycles. The smallest absolute Gasteiger partial charge is 0.186 e. The quantitative estimate of drug-likeness (QED) is 0.161. The molecular formula is C28H49O2PSi3. The largest absolute Gasteiger partial charge is 0.420 e. The van der Waals surface area contributed by atoms with Crippen molar-refractivity contribution in [3.63, 3.8) is 0 Å². The maximum atomic E-state index is 5.85. The van der Waals surface area contributed by atoms with Gasteiger partial charge in [-0.15, -0.1) is 0 Å². The lowest BCUT2D eigenvalue weighted by molar-refractivity contribution is 0.402. The van der Waals surface area contributed by atoms with Crippen LogP contribution in [-0.2, 0) is 8.85 Å². The van der Waals surface area contributed by atoms with E-state index in [1.165, 1.54) is 66.3 Å². The molecule has 0 amide bonds. The van der Waals surface area contributed by atoms with Crippen molar-refractivity contribution < 1.29 is 8.85 Å². The third-order valence-electron chi connectivity index (χ3n) is 7.52. The van der Waals surface area contributed by atoms with Crippen LogP contribution in [0.1, 0.15) is 19.3 Å². The SMILES string of the molecule is CO[Si](C)(C)CCC[Si](C)(CCCP(c1ccccc1)c1ccccc1)CCC[Si](C)(C)OC. The summed E-state index contributed by atoms with van der Waals surface area (Å²) in [6.45, 7) is 12.2. The van der Waals surface area contributed by atoms with Crippen LogP contribution in [0.3, 0.4) is 0 Å². The van der Waals surface area contributed by atoms with Crippen LogP contribution in [0.4, 0.5) is 0 Å². The van der Waals surface area contributed by atoms with Crippen LogP contribution in [0.25, 0.3) is 0 Å². The lowest BCUT2D eigenvalue weighted by Crippen LogP contribution is -2.34. The van der Waals surface area contributed by atoms with Crippen molar-refractivity contribution in [3.8, 4) is 0 Å². The number of benzene rings is 2. The Morgan fingerprint density at radius 2 is 0.941 bits per heavy atom. The van der Waals surface area contributed by atoms with Gasteiger partial charge >= 0.3 is 0 Å². The number of hydrogen-bond donors (Lipinski definition) is 0. The molecule has 0 radical (unpaired) electrons. The molecule has 0 heterocycles. The monoisotopic (exact) mass is 532 g/mol. The van der Waals surface area contributed by atoms with E-state index in [4.69, 9.17) is 8.85 Å². The molecule has 2 rings (SSSR count). The Morgan fingerprint density at radius 1 is 0.559 bits per heavy atom. The molecule has 2 nitrogen and oxygen atoms in total. The van der Waals surface area contributed by atoms with Gasteiger partial charge in [-0.1, -0.05) is 105 Å². The molecule has 0 aliphatic carbocycles. The molecule has 2 aromatic carbocycles. The second-order valence-electron chi connectivity index (χ2n) is 11.4. The number of hydrogen-bond acceptors (Lipinski definition) is 2. The van der Waals surface area contributed by atoms with Crippen LogP contribution in [0.2, 0.25) is 63.0 Å². The van der Waals surface area contributed by atoms with E-state index in [1.54, 1.807) is 0 Å². The fraction of sp³-hybridized carbons (Fsp3) is 0.571. The van der Waals surface area contributed by atoms with Gasteiger partial charge in [0.05, 0.1) is 8.07 Å². The van der Waals surface area contributed by atoms with Crippen molar-refractivity contribution >= 4 is 43.2 Å². The van der Waals surface area contributed by atoms with Crippen LogP contribution in [0.5, 0.6) is 0 Å². The molecule has 0 aliphatic heterocycles. The first-order valence-electron chi connectivity index (χ1n) is 13.1. The average Bonchev–Trinajstić information content (AvgIpc) is 2.83. The minimum atomic E-state index is -1.47. The van der Waals surface area contributed by atoms with Gasteiger partial charge in [-0.05, 0) is 63.0 Å². The van der Waals surface area contributed by atoms with Crippen LogP contribution in [0.15, 0.2) is 60.7 Å². The van der Waals surface area contributed by atoms with Crippen molar-refractivity contribution in [1.29, 1.82) is 0 Å². The Balaban J connectivity index is 2.05. The molecule has 0 aliphatic rings. The maximum Gasteiger partial charge on any atom is 0.186 e. The summed E-state index contributed by atoms with van der Waals surface area (Å²) in [5, 5.41) is 3.04. The Kier molecular flexibility index (Phi) is 12.4. The maximum absolute atomic E-state index is 5.85. The molecule has 6 heteroatoms. The minimum Gasteiger partial charge on any atom is -0.420 e. The first-order chi connectivity index (χ1) is 16.1. The molecule has 0 saturated carbocycles. The second kappa shape index (κ2) is 14.2. The Morgan fingerprint density at radius 3 is 1.32 bits per heavy atom. The lowest BCUT2D eigenvalue weighted by atomic mass is 10.4. The van der Waals surface area contributed by atoms with Gasteiger partial charge < -0.3 is 8.85 Å². The first-order valence-corrected chi connectivity index (χ1v) is 24.0. The predicted octanol–water partition coefficient (Wildman–Crippen LogP) is 8.07. The van der Waals surface area contributed by atoms with Crippen molar-refractivity contribution in [2.24, 2.45) is 0 Å². The summed E-state index contributed by atoms with van der Waals surface area (Å²) in [6.07, 6.45) is 5.37. The van der Waals surface area contributed by atoms with Crippen LogP contribution in [-0.4, -0.2) is 45.1 Å². The Bertz CT molecular complexity index is 753. The van der Waals surface area contributed by atoms with E-state index >= 15 is 0 Å². The van der Waals surface area contributed by atoms with Gasteiger partial charge in [-0.2, -0.15) is 0 Å². The zero-order valence-corrected chi connectivity index (χ0v) is 26.8. The highest BCUT2D eigenvalue weighted by Crippen LogP contribution is 2.37. The molecule has 0 spiro atoms. The van der Waals surface area contributed by atoms with Crippen LogP contribution >= 0.6 is 7.92 Å². The van der Waals surface area contributed by atoms with Crippen molar-refractivity contribution in [3.05, 3.63) is 60.7 Å². The standard InChI is InChI=1S/C28H49O2PSi3/c1-29-32(3,4)22-15-25-34(7,26-16-23-33(5,6)30-2)24-14-21-31(27-17-10-8-11-18-27)28-19-12-9-13-20-28/h8-13,17-20H,14-16,21-26H2,1-7H3. The van der Waals surface area contributed by atoms with Gasteiger partial charge in [-0.25, -0.2) is 0 Å². The summed E-state index contributed by atoms with van der Waals surface area (Å²) in [7, 11) is -0.689. The molecule has 0 N–H and O–H groups in total. The van der Waals surface area contributed by atoms with Gasteiger partial charge in [0.15, 0.2) is 16.6 Å². The molecule has 2 aromatic rings. The summed E-state index contributed by atoms with van der Waals surface area (Å²) in [5.41, 5.74) is 0. The van der Waals surface area contributed by atoms with Gasteiger partial charge in [0.1, 0.15) is 0 Å². The van der Waals surface area contributed by atoms with E-state index in [0.29, 0.717) is 0 Å². The van der Waals surface area contributed by atoms with Gasteiger partial charge in [0.2, 0.25) is 0 Å². The molecule has 0 atom stereocenters. The zero-order chi connectivity index (χ0) is 25.1. The fourth-order valence-corrected chi connectivity index (χ4v) is 14.4. The van der Waals surface area contributed by atoms with Crippen molar-refractivity contribution in [1.82, 2.24) is 0 Å². The third-order valence-corrected chi connectivity index (χ3v) is 20.1. The van der Waals surface area contributed by atoms with Crippen molar-refractivity contribution in [2.75, 3.05) is 20.4 Å². The molecule has 0 saturated heterocycles. The topological polar surface area (TPSA) is 18.5 Å². The molecule has 0 bridgehead atoms. The van der Waals surface area contributed by atoms with E-state index < -0.39 is 24.7 Å². The van der Waals surface area contributed by atoms with Gasteiger partial charge in [0, 0.05) is 14.2 Å². The second-order valence-corrected chi connectivity index (χ2v) is 27.7. The summed E-state index contributed by atoms with van der Waals surface area (Å²) in [4.78, 5) is 0. The fourth-order valence-electron chi connectivity index (χ4n) is 4.75. The highest BCUT2D eigenvalue weighted by Gasteiger charge is 2.30. The Hall–Kier alpha value is -0.559. The molecule has 34 heavy (non-hydrogen) atoms. The van der Waals surface area contributed by atoms with E-state index in [0.717, 1.165) is 0 Å². The van der Waals surface area contributed by atoms with E-state index in [1.807, 2.05) is 14.2 Å². The van der Waals surface area contributed by atoms with E-state index in [9.17, 15) is 0 Å². The molecule has 190 valence electrons. The molecule has 0 unspecified atom stereocenters. The first kappa shape index (κ1) is 29.7. The lowest BCUT2D eigenvalue weighted by Gasteiger charge is -2.31. The highest BCUT2D eigenvalue weighted by atomic mass is 31.1. The van der Waals surface area contributed by atoms with E-state index in [2.05, 4.69) is 93.4 Å². The van der Waals surface area contributed by atoms with E-state index in [-0.39, 0.29) is 7.92 Å². The normalized spacial score (nSPS) is 12.9. The third kappa shape index (κ3) is 10.6. The van der Waals surface area contributed by atoms with Gasteiger partial charge in [-0.3, -0.25) is 0 Å². The average molecular weight is 533 g/mol. The number of rotatable bonds is 16. The van der Waals surface area contributed by atoms with Crippen LogP contribution < -0.4 is 10.6 Å². The van der Waals surface area contributed by atoms with Gasteiger partial charge in [0.25, 0.3) is 0 Å². The molecular weight excluding hydrogens is 484 g/mol. The van der Waals surface area contributed by atoms with Crippen molar-refractivity contribution in [2.45, 2.75) is 82.2 Å². The molecule has 0 fully saturated rings. The van der Waals surface area contributed by atoms with Crippen LogP contribution in [0, 0.1) is 0 Å². The Labute approximate surface area is 214 Å². The zero-order valence-electron chi connectivity index (χ0n) is 22.9. The summed E-state index contributed by atoms with van der Waals surface area (Å²) in [5.74, 6) is 0. The summed E-state index contributed by atoms with van der Waals surface area (Å²) >= 11 is 0.